The van der Waals surface area contributed by atoms with Crippen molar-refractivity contribution in [1.82, 2.24) is 0 Å². The molecule has 0 unspecified atom stereocenters. The zero-order valence-corrected chi connectivity index (χ0v) is 10.9. The van der Waals surface area contributed by atoms with Crippen LogP contribution in [-0.4, -0.2) is 12.2 Å². The van der Waals surface area contributed by atoms with Crippen LogP contribution in [0.1, 0.15) is 26.3 Å². The molecule has 2 aromatic rings. The van der Waals surface area contributed by atoms with Crippen LogP contribution >= 0.6 is 0 Å². The highest BCUT2D eigenvalue weighted by Crippen LogP contribution is 2.42. The molecule has 0 spiro atoms. The second-order valence-corrected chi connectivity index (χ2v) is 5.23. The molecule has 0 atom stereocenters. The lowest BCUT2D eigenvalue weighted by molar-refractivity contribution is 0.364. The summed E-state index contributed by atoms with van der Waals surface area (Å²) in [5.41, 5.74) is 0.189. The summed E-state index contributed by atoms with van der Waals surface area (Å²) >= 11 is 0. The number of phenolic OH excluding ortho intramolecular Hbond substituents is 1. The zero-order chi connectivity index (χ0) is 13.5. The van der Waals surface area contributed by atoms with Crippen molar-refractivity contribution in [3.63, 3.8) is 0 Å². The Morgan fingerprint density at radius 3 is 2.50 bits per heavy atom. The van der Waals surface area contributed by atoms with Crippen molar-refractivity contribution in [1.29, 1.82) is 0 Å². The Bertz CT molecular complexity index is 647. The van der Waals surface area contributed by atoms with Gasteiger partial charge in [-0.05, 0) is 17.5 Å². The van der Waals surface area contributed by atoms with E-state index in [0.29, 0.717) is 16.9 Å². The van der Waals surface area contributed by atoms with Crippen molar-refractivity contribution in [2.75, 3.05) is 7.11 Å². The van der Waals surface area contributed by atoms with E-state index in [9.17, 15) is 9.90 Å². The predicted octanol–water partition coefficient (Wildman–Crippen LogP) is 2.80. The Morgan fingerprint density at radius 1 is 1.28 bits per heavy atom. The van der Waals surface area contributed by atoms with Gasteiger partial charge in [-0.3, -0.25) is 0 Å². The van der Waals surface area contributed by atoms with Crippen LogP contribution in [0.25, 0.3) is 11.0 Å². The summed E-state index contributed by atoms with van der Waals surface area (Å²) in [5.74, 6) is 0.396. The molecule has 4 nitrogen and oxygen atoms in total. The molecule has 1 heterocycles. The molecular weight excluding hydrogens is 232 g/mol. The average Bonchev–Trinajstić information content (AvgIpc) is 2.26. The van der Waals surface area contributed by atoms with Crippen molar-refractivity contribution >= 4 is 11.0 Å². The van der Waals surface area contributed by atoms with Crippen LogP contribution in [0.4, 0.5) is 0 Å². The van der Waals surface area contributed by atoms with Crippen LogP contribution in [-0.2, 0) is 5.41 Å². The smallest absolute Gasteiger partial charge is 0.336 e. The molecule has 1 aromatic carbocycles. The molecule has 0 aliphatic rings. The first-order chi connectivity index (χ1) is 8.34. The Kier molecular flexibility index (Phi) is 2.81. The minimum Gasteiger partial charge on any atom is -0.504 e. The number of rotatable bonds is 1. The van der Waals surface area contributed by atoms with Gasteiger partial charge in [-0.15, -0.1) is 0 Å². The van der Waals surface area contributed by atoms with Crippen molar-refractivity contribution < 1.29 is 14.3 Å². The maximum absolute atomic E-state index is 11.3. The monoisotopic (exact) mass is 248 g/mol. The van der Waals surface area contributed by atoms with E-state index in [-0.39, 0.29) is 11.2 Å². The molecule has 96 valence electrons. The Balaban J connectivity index is 2.97. The standard InChI is InChI=1S/C14H16O4/c1-14(2,3)11-12(16)9(17-4)7-8-5-6-10(15)18-13(8)11/h5-7,16H,1-4H3. The molecule has 0 radical (unpaired) electrons. The van der Waals surface area contributed by atoms with Gasteiger partial charge >= 0.3 is 5.63 Å². The minimum absolute atomic E-state index is 0.0202. The zero-order valence-electron chi connectivity index (χ0n) is 10.9. The van der Waals surface area contributed by atoms with Crippen LogP contribution in [0, 0.1) is 0 Å². The van der Waals surface area contributed by atoms with Crippen LogP contribution in [0.3, 0.4) is 0 Å². The first-order valence-corrected chi connectivity index (χ1v) is 5.69. The number of benzene rings is 1. The lowest BCUT2D eigenvalue weighted by atomic mass is 9.85. The number of fused-ring (bicyclic) bond motifs is 1. The molecule has 2 rings (SSSR count). The third kappa shape index (κ3) is 1.94. The number of aromatic hydroxyl groups is 1. The Hall–Kier alpha value is -1.97. The Morgan fingerprint density at radius 2 is 1.94 bits per heavy atom. The number of hydrogen-bond acceptors (Lipinski definition) is 4. The summed E-state index contributed by atoms with van der Waals surface area (Å²) in [7, 11) is 1.49. The number of hydrogen-bond donors (Lipinski definition) is 1. The molecule has 1 aromatic heterocycles. The molecule has 0 saturated carbocycles. The molecule has 0 aliphatic heterocycles. The first-order valence-electron chi connectivity index (χ1n) is 5.69. The highest BCUT2D eigenvalue weighted by Gasteiger charge is 2.26. The number of ether oxygens (including phenoxy) is 1. The van der Waals surface area contributed by atoms with Gasteiger partial charge in [0.05, 0.1) is 7.11 Å². The fourth-order valence-electron chi connectivity index (χ4n) is 2.03. The highest BCUT2D eigenvalue weighted by molar-refractivity contribution is 5.85. The fourth-order valence-corrected chi connectivity index (χ4v) is 2.03. The fraction of sp³-hybridized carbons (Fsp3) is 0.357. The van der Waals surface area contributed by atoms with Crippen LogP contribution in [0.15, 0.2) is 27.4 Å². The Labute approximate surface area is 105 Å². The van der Waals surface area contributed by atoms with Gasteiger partial charge in [0.15, 0.2) is 11.5 Å². The number of phenols is 1. The molecular formula is C14H16O4. The average molecular weight is 248 g/mol. The topological polar surface area (TPSA) is 59.7 Å². The van der Waals surface area contributed by atoms with E-state index in [2.05, 4.69) is 0 Å². The van der Waals surface area contributed by atoms with Gasteiger partial charge in [0.1, 0.15) is 5.58 Å². The van der Waals surface area contributed by atoms with Gasteiger partial charge in [0.2, 0.25) is 0 Å². The summed E-state index contributed by atoms with van der Waals surface area (Å²) in [6, 6.07) is 4.67. The van der Waals surface area contributed by atoms with Crippen LogP contribution < -0.4 is 10.4 Å². The quantitative estimate of drug-likeness (QED) is 0.788. The number of methoxy groups -OCH3 is 1. The molecule has 0 saturated heterocycles. The van der Waals surface area contributed by atoms with Gasteiger partial charge in [-0.2, -0.15) is 0 Å². The van der Waals surface area contributed by atoms with Crippen molar-refractivity contribution in [2.45, 2.75) is 26.2 Å². The highest BCUT2D eigenvalue weighted by atomic mass is 16.5. The predicted molar refractivity (Wildman–Crippen MR) is 69.4 cm³/mol. The van der Waals surface area contributed by atoms with E-state index in [1.807, 2.05) is 20.8 Å². The van der Waals surface area contributed by atoms with E-state index < -0.39 is 5.63 Å². The van der Waals surface area contributed by atoms with Gasteiger partial charge in [-0.25, -0.2) is 4.79 Å². The van der Waals surface area contributed by atoms with Crippen molar-refractivity contribution in [3.8, 4) is 11.5 Å². The molecule has 0 bridgehead atoms. The minimum atomic E-state index is -0.433. The normalized spacial score (nSPS) is 11.8. The van der Waals surface area contributed by atoms with Gasteiger partial charge in [-0.1, -0.05) is 20.8 Å². The van der Waals surface area contributed by atoms with Crippen LogP contribution in [0.2, 0.25) is 0 Å². The third-order valence-corrected chi connectivity index (χ3v) is 2.82. The molecule has 0 amide bonds. The summed E-state index contributed by atoms with van der Waals surface area (Å²) in [4.78, 5) is 11.3. The maximum atomic E-state index is 11.3. The molecule has 4 heteroatoms. The molecule has 18 heavy (non-hydrogen) atoms. The van der Waals surface area contributed by atoms with Crippen molar-refractivity contribution in [3.05, 3.63) is 34.2 Å². The lowest BCUT2D eigenvalue weighted by Gasteiger charge is -2.22. The second-order valence-electron chi connectivity index (χ2n) is 5.23. The molecule has 1 N–H and O–H groups in total. The van der Waals surface area contributed by atoms with Gasteiger partial charge in [0.25, 0.3) is 0 Å². The second kappa shape index (κ2) is 4.05. The summed E-state index contributed by atoms with van der Waals surface area (Å²) in [5, 5.41) is 11.0. The summed E-state index contributed by atoms with van der Waals surface area (Å²) in [6.45, 7) is 5.82. The van der Waals surface area contributed by atoms with E-state index in [1.54, 1.807) is 12.1 Å². The lowest BCUT2D eigenvalue weighted by Crippen LogP contribution is -2.13. The van der Waals surface area contributed by atoms with E-state index >= 15 is 0 Å². The molecule has 0 fully saturated rings. The SMILES string of the molecule is COc1cc2ccc(=O)oc2c(C(C)(C)C)c1O. The van der Waals surface area contributed by atoms with E-state index in [4.69, 9.17) is 9.15 Å². The van der Waals surface area contributed by atoms with Gasteiger partial charge < -0.3 is 14.3 Å². The van der Waals surface area contributed by atoms with E-state index in [0.717, 1.165) is 5.39 Å². The van der Waals surface area contributed by atoms with Crippen LogP contribution in [0.5, 0.6) is 11.5 Å². The first kappa shape index (κ1) is 12.5. The largest absolute Gasteiger partial charge is 0.504 e. The third-order valence-electron chi connectivity index (χ3n) is 2.82. The van der Waals surface area contributed by atoms with E-state index in [1.165, 1.54) is 13.2 Å². The summed E-state index contributed by atoms with van der Waals surface area (Å²) < 4.78 is 10.4. The summed E-state index contributed by atoms with van der Waals surface area (Å²) in [6.07, 6.45) is 0. The molecule has 0 aliphatic carbocycles. The van der Waals surface area contributed by atoms with Crippen molar-refractivity contribution in [2.24, 2.45) is 0 Å². The maximum Gasteiger partial charge on any atom is 0.336 e. The van der Waals surface area contributed by atoms with Gasteiger partial charge in [0, 0.05) is 17.0 Å².